The normalized spacial score (nSPS) is 11.6. The Morgan fingerprint density at radius 2 is 1.75 bits per heavy atom. The van der Waals surface area contributed by atoms with Gasteiger partial charge in [0.1, 0.15) is 0 Å². The zero-order valence-electron chi connectivity index (χ0n) is 12.2. The molecular formula is C14H22N2O3S. The van der Waals surface area contributed by atoms with Gasteiger partial charge in [0.15, 0.2) is 0 Å². The van der Waals surface area contributed by atoms with Gasteiger partial charge in [-0.2, -0.15) is 0 Å². The van der Waals surface area contributed by atoms with Crippen LogP contribution >= 0.6 is 0 Å². The first kappa shape index (κ1) is 16.7. The molecule has 0 aliphatic rings. The van der Waals surface area contributed by atoms with Gasteiger partial charge >= 0.3 is 0 Å². The van der Waals surface area contributed by atoms with E-state index in [2.05, 4.69) is 12.2 Å². The van der Waals surface area contributed by atoms with Crippen LogP contribution in [-0.4, -0.2) is 32.7 Å². The summed E-state index contributed by atoms with van der Waals surface area (Å²) in [6.45, 7) is 2.09. The first-order valence-electron chi connectivity index (χ1n) is 6.70. The Morgan fingerprint density at radius 1 is 1.15 bits per heavy atom. The second-order valence-corrected chi connectivity index (χ2v) is 6.97. The summed E-state index contributed by atoms with van der Waals surface area (Å²) in [7, 11) is -0.449. The van der Waals surface area contributed by atoms with Gasteiger partial charge in [-0.3, -0.25) is 4.79 Å². The number of amides is 1. The highest BCUT2D eigenvalue weighted by Gasteiger charge is 2.16. The number of rotatable bonds is 7. The molecule has 0 unspecified atom stereocenters. The quantitative estimate of drug-likeness (QED) is 0.786. The van der Waals surface area contributed by atoms with Crippen molar-refractivity contribution >= 4 is 21.6 Å². The van der Waals surface area contributed by atoms with Crippen molar-refractivity contribution < 1.29 is 13.2 Å². The molecule has 1 rings (SSSR count). The Hall–Kier alpha value is -1.40. The number of nitrogens with zero attached hydrogens (tertiary/aromatic N) is 1. The SMILES string of the molecule is CCCCCC(=O)Nc1ccc(S(=O)(=O)N(C)C)cc1. The van der Waals surface area contributed by atoms with E-state index in [1.807, 2.05) is 0 Å². The van der Waals surface area contributed by atoms with Crippen molar-refractivity contribution in [3.8, 4) is 0 Å². The van der Waals surface area contributed by atoms with Crippen LogP contribution in [0.2, 0.25) is 0 Å². The molecule has 0 bridgehead atoms. The van der Waals surface area contributed by atoms with E-state index in [9.17, 15) is 13.2 Å². The third-order valence-electron chi connectivity index (χ3n) is 2.92. The Labute approximate surface area is 121 Å². The maximum Gasteiger partial charge on any atom is 0.242 e. The van der Waals surface area contributed by atoms with Crippen LogP contribution in [0.3, 0.4) is 0 Å². The van der Waals surface area contributed by atoms with E-state index >= 15 is 0 Å². The van der Waals surface area contributed by atoms with Crippen molar-refractivity contribution in [1.82, 2.24) is 4.31 Å². The predicted molar refractivity (Wildman–Crippen MR) is 80.1 cm³/mol. The number of hydrogen-bond donors (Lipinski definition) is 1. The largest absolute Gasteiger partial charge is 0.326 e. The van der Waals surface area contributed by atoms with Gasteiger partial charge in [-0.1, -0.05) is 19.8 Å². The zero-order chi connectivity index (χ0) is 15.2. The minimum Gasteiger partial charge on any atom is -0.326 e. The van der Waals surface area contributed by atoms with Gasteiger partial charge in [-0.15, -0.1) is 0 Å². The number of anilines is 1. The van der Waals surface area contributed by atoms with E-state index in [1.54, 1.807) is 12.1 Å². The van der Waals surface area contributed by atoms with Crippen molar-refractivity contribution in [2.24, 2.45) is 0 Å². The van der Waals surface area contributed by atoms with Crippen LogP contribution < -0.4 is 5.32 Å². The van der Waals surface area contributed by atoms with Gasteiger partial charge in [0.05, 0.1) is 4.90 Å². The van der Waals surface area contributed by atoms with E-state index in [4.69, 9.17) is 0 Å². The Kier molecular flexibility index (Phi) is 6.16. The maximum absolute atomic E-state index is 11.9. The standard InChI is InChI=1S/C14H22N2O3S/c1-4-5-6-7-14(17)15-12-8-10-13(11-9-12)20(18,19)16(2)3/h8-11H,4-7H2,1-3H3,(H,15,17). The molecule has 0 aliphatic heterocycles. The van der Waals surface area contributed by atoms with E-state index in [1.165, 1.54) is 26.2 Å². The van der Waals surface area contributed by atoms with E-state index < -0.39 is 10.0 Å². The molecule has 0 fully saturated rings. The monoisotopic (exact) mass is 298 g/mol. The summed E-state index contributed by atoms with van der Waals surface area (Å²) in [6, 6.07) is 6.20. The number of benzene rings is 1. The van der Waals surface area contributed by atoms with E-state index in [-0.39, 0.29) is 10.8 Å². The van der Waals surface area contributed by atoms with Gasteiger partial charge in [0.25, 0.3) is 0 Å². The van der Waals surface area contributed by atoms with Gasteiger partial charge in [0, 0.05) is 26.2 Å². The number of nitrogens with one attached hydrogen (secondary N) is 1. The topological polar surface area (TPSA) is 66.5 Å². The van der Waals surface area contributed by atoms with Crippen LogP contribution in [0, 0.1) is 0 Å². The Morgan fingerprint density at radius 3 is 2.25 bits per heavy atom. The molecule has 0 spiro atoms. The molecule has 0 saturated carbocycles. The fraction of sp³-hybridized carbons (Fsp3) is 0.500. The van der Waals surface area contributed by atoms with Gasteiger partial charge in [-0.05, 0) is 30.7 Å². The van der Waals surface area contributed by atoms with Crippen molar-refractivity contribution in [3.63, 3.8) is 0 Å². The van der Waals surface area contributed by atoms with Crippen molar-refractivity contribution in [1.29, 1.82) is 0 Å². The van der Waals surface area contributed by atoms with Crippen LogP contribution in [0.1, 0.15) is 32.6 Å². The molecule has 112 valence electrons. The third kappa shape index (κ3) is 4.61. The molecule has 1 aromatic carbocycles. The maximum atomic E-state index is 11.9. The summed E-state index contributed by atoms with van der Waals surface area (Å²) < 4.78 is 24.9. The Balaban J connectivity index is 2.66. The molecule has 20 heavy (non-hydrogen) atoms. The number of hydrogen-bond acceptors (Lipinski definition) is 3. The number of carbonyl (C=O) groups excluding carboxylic acids is 1. The van der Waals surface area contributed by atoms with Gasteiger partial charge in [0.2, 0.25) is 15.9 Å². The average Bonchev–Trinajstić information content (AvgIpc) is 2.39. The van der Waals surface area contributed by atoms with Gasteiger partial charge < -0.3 is 5.32 Å². The molecule has 0 heterocycles. The third-order valence-corrected chi connectivity index (χ3v) is 4.75. The minimum absolute atomic E-state index is 0.0401. The fourth-order valence-electron chi connectivity index (χ4n) is 1.68. The molecule has 0 saturated heterocycles. The molecule has 0 atom stereocenters. The van der Waals surface area contributed by atoms with Crippen molar-refractivity contribution in [2.45, 2.75) is 37.5 Å². The summed E-state index contributed by atoms with van der Waals surface area (Å²) in [5, 5.41) is 2.76. The summed E-state index contributed by atoms with van der Waals surface area (Å²) in [6.07, 6.45) is 3.47. The van der Waals surface area contributed by atoms with Crippen LogP contribution in [0.25, 0.3) is 0 Å². The summed E-state index contributed by atoms with van der Waals surface area (Å²) in [5.41, 5.74) is 0.615. The summed E-state index contributed by atoms with van der Waals surface area (Å²) >= 11 is 0. The van der Waals surface area contributed by atoms with Crippen molar-refractivity contribution in [2.75, 3.05) is 19.4 Å². The molecular weight excluding hydrogens is 276 g/mol. The lowest BCUT2D eigenvalue weighted by Crippen LogP contribution is -2.22. The van der Waals surface area contributed by atoms with E-state index in [0.29, 0.717) is 12.1 Å². The van der Waals surface area contributed by atoms with Crippen LogP contribution in [0.5, 0.6) is 0 Å². The molecule has 0 aliphatic carbocycles. The second kappa shape index (κ2) is 7.40. The molecule has 0 aromatic heterocycles. The van der Waals surface area contributed by atoms with Crippen LogP contribution in [0.15, 0.2) is 29.2 Å². The zero-order valence-corrected chi connectivity index (χ0v) is 13.0. The van der Waals surface area contributed by atoms with E-state index in [0.717, 1.165) is 23.6 Å². The molecule has 1 aromatic rings. The second-order valence-electron chi connectivity index (χ2n) is 4.82. The highest BCUT2D eigenvalue weighted by molar-refractivity contribution is 7.89. The molecule has 1 amide bonds. The highest BCUT2D eigenvalue weighted by Crippen LogP contribution is 2.16. The molecule has 5 nitrogen and oxygen atoms in total. The lowest BCUT2D eigenvalue weighted by molar-refractivity contribution is -0.116. The minimum atomic E-state index is -3.42. The van der Waals surface area contributed by atoms with Gasteiger partial charge in [-0.25, -0.2) is 12.7 Å². The van der Waals surface area contributed by atoms with Crippen LogP contribution in [0.4, 0.5) is 5.69 Å². The number of carbonyl (C=O) groups is 1. The fourth-order valence-corrected chi connectivity index (χ4v) is 2.58. The predicted octanol–water partition coefficient (Wildman–Crippen LogP) is 2.46. The Bertz CT molecular complexity index is 536. The summed E-state index contributed by atoms with van der Waals surface area (Å²) in [4.78, 5) is 11.9. The average molecular weight is 298 g/mol. The lowest BCUT2D eigenvalue weighted by Gasteiger charge is -2.12. The smallest absolute Gasteiger partial charge is 0.242 e. The number of sulfonamides is 1. The lowest BCUT2D eigenvalue weighted by atomic mass is 10.2. The first-order valence-corrected chi connectivity index (χ1v) is 8.14. The molecule has 6 heteroatoms. The van der Waals surface area contributed by atoms with Crippen LogP contribution in [-0.2, 0) is 14.8 Å². The number of unbranched alkanes of at least 4 members (excludes halogenated alkanes) is 2. The first-order chi connectivity index (χ1) is 9.37. The highest BCUT2D eigenvalue weighted by atomic mass is 32.2. The summed E-state index contributed by atoms with van der Waals surface area (Å²) in [5.74, 6) is -0.0401. The molecule has 1 N–H and O–H groups in total. The molecule has 0 radical (unpaired) electrons. The van der Waals surface area contributed by atoms with Crippen molar-refractivity contribution in [3.05, 3.63) is 24.3 Å².